The van der Waals surface area contributed by atoms with Gasteiger partial charge >= 0.3 is 25.8 Å². The minimum absolute atomic E-state index is 0. The summed E-state index contributed by atoms with van der Waals surface area (Å²) < 4.78 is 0. The normalized spacial score (nSPS) is 6.35. The third-order valence-electron chi connectivity index (χ3n) is 0. The molecule has 0 aromatic heterocycles. The summed E-state index contributed by atoms with van der Waals surface area (Å²) in [5.74, 6) is 0. The molecule has 0 saturated carbocycles. The molecule has 0 atom stereocenters. The summed E-state index contributed by atoms with van der Waals surface area (Å²) >= 11 is 0. The van der Waals surface area contributed by atoms with Gasteiger partial charge in [-0.05, 0) is 13.8 Å². The second kappa shape index (κ2) is 23.9. The van der Waals surface area contributed by atoms with Gasteiger partial charge in [0.25, 0.3) is 0 Å². The molecule has 1 N–H and O–H groups in total. The van der Waals surface area contributed by atoms with Crippen molar-refractivity contribution < 1.29 is 20.4 Å². The molecule has 0 fully saturated rings. The second-order valence-corrected chi connectivity index (χ2v) is 1.76. The maximum atomic E-state index is 8.25. The van der Waals surface area contributed by atoms with Crippen LogP contribution in [0.4, 0.5) is 0 Å². The van der Waals surface area contributed by atoms with E-state index in [0.29, 0.717) is 0 Å². The van der Waals surface area contributed by atoms with Crippen LogP contribution in [0, 0.1) is 46.0 Å². The fourth-order valence-electron chi connectivity index (χ4n) is 0. The molecule has 0 amide bonds. The predicted octanol–water partition coefficient (Wildman–Crippen LogP) is -0.711. The molecule has 0 rings (SSSR count). The van der Waals surface area contributed by atoms with Crippen LogP contribution in [0.5, 0.6) is 0 Å². The quantitative estimate of drug-likeness (QED) is 0.421. The Labute approximate surface area is 112 Å². The summed E-state index contributed by atoms with van der Waals surface area (Å²) in [4.78, 5) is 24.8. The van der Waals surface area contributed by atoms with Crippen LogP contribution < -0.4 is 0 Å². The van der Waals surface area contributed by atoms with Gasteiger partial charge in [0.2, 0.25) is 0 Å². The molecule has 0 aromatic rings. The van der Waals surface area contributed by atoms with Crippen molar-refractivity contribution >= 4 is 25.8 Å². The standard InChI is InChI=1S/C3H8O.In.3NO3/c1-3(2)4;;3*2-1(3)4/h3-4H,1-2H3;;;;/q;+3;3*-1. The molecule has 0 unspecified atom stereocenters. The molecule has 0 aliphatic carbocycles. The van der Waals surface area contributed by atoms with Gasteiger partial charge in [0, 0.05) is 6.10 Å². The molecule has 0 aliphatic heterocycles. The molecule has 0 radical (unpaired) electrons. The van der Waals surface area contributed by atoms with Crippen LogP contribution in [-0.4, -0.2) is 52.3 Å². The molecule has 17 heavy (non-hydrogen) atoms. The second-order valence-electron chi connectivity index (χ2n) is 1.76. The Balaban J connectivity index is -0.0000000369. The van der Waals surface area contributed by atoms with Crippen LogP contribution in [-0.2, 0) is 0 Å². The van der Waals surface area contributed by atoms with E-state index in [9.17, 15) is 0 Å². The molecular formula is C3H8InN3O10. The van der Waals surface area contributed by atoms with E-state index in [-0.39, 0.29) is 31.9 Å². The summed E-state index contributed by atoms with van der Waals surface area (Å²) in [7, 11) is 0. The molecule has 0 bridgehead atoms. The average Bonchev–Trinajstić information content (AvgIpc) is 1.76. The van der Waals surface area contributed by atoms with Gasteiger partial charge in [0.05, 0.1) is 15.3 Å². The van der Waals surface area contributed by atoms with Crippen molar-refractivity contribution in [1.82, 2.24) is 0 Å². The summed E-state index contributed by atoms with van der Waals surface area (Å²) in [6, 6.07) is 0. The van der Waals surface area contributed by atoms with E-state index in [1.165, 1.54) is 0 Å². The number of aliphatic hydroxyl groups is 1. The van der Waals surface area contributed by atoms with Crippen molar-refractivity contribution in [2.45, 2.75) is 20.0 Å². The number of rotatable bonds is 0. The molecule has 14 heteroatoms. The number of nitrogens with zero attached hydrogens (tertiary/aromatic N) is 3. The number of aliphatic hydroxyl groups excluding tert-OH is 1. The van der Waals surface area contributed by atoms with E-state index in [0.717, 1.165) is 0 Å². The van der Waals surface area contributed by atoms with Gasteiger partial charge < -0.3 is 51.1 Å². The Morgan fingerprint density at radius 3 is 0.765 bits per heavy atom. The van der Waals surface area contributed by atoms with E-state index < -0.39 is 15.3 Å². The first kappa shape index (κ1) is 29.5. The van der Waals surface area contributed by atoms with E-state index in [2.05, 4.69) is 0 Å². The van der Waals surface area contributed by atoms with Gasteiger partial charge in [0.15, 0.2) is 0 Å². The number of hydrogen-bond acceptors (Lipinski definition) is 10. The molecule has 0 spiro atoms. The Morgan fingerprint density at radius 1 is 0.765 bits per heavy atom. The molecule has 0 aromatic carbocycles. The first-order chi connectivity index (χ1) is 6.93. The fraction of sp³-hybridized carbons (Fsp3) is 1.00. The van der Waals surface area contributed by atoms with Crippen LogP contribution in [0.1, 0.15) is 13.8 Å². The summed E-state index contributed by atoms with van der Waals surface area (Å²) in [6.45, 7) is 3.44. The maximum Gasteiger partial charge on any atom is 3.00 e. The van der Waals surface area contributed by atoms with Gasteiger partial charge in [-0.2, -0.15) is 0 Å². The zero-order valence-corrected chi connectivity index (χ0v) is 11.9. The van der Waals surface area contributed by atoms with Crippen LogP contribution in [0.3, 0.4) is 0 Å². The molecule has 0 saturated heterocycles. The van der Waals surface area contributed by atoms with Crippen LogP contribution in [0.25, 0.3) is 0 Å². The van der Waals surface area contributed by atoms with Crippen molar-refractivity contribution in [2.24, 2.45) is 0 Å². The van der Waals surface area contributed by atoms with Crippen molar-refractivity contribution in [1.29, 1.82) is 0 Å². The van der Waals surface area contributed by atoms with Crippen molar-refractivity contribution in [3.05, 3.63) is 46.0 Å². The van der Waals surface area contributed by atoms with Crippen molar-refractivity contribution in [2.75, 3.05) is 0 Å². The Kier molecular flexibility index (Phi) is 41.6. The summed E-state index contributed by atoms with van der Waals surface area (Å²) in [5, 5.41) is 52.3. The average molecular weight is 361 g/mol. The Morgan fingerprint density at radius 2 is 0.765 bits per heavy atom. The molecule has 0 aliphatic rings. The largest absolute Gasteiger partial charge is 3.00 e. The topological polar surface area (TPSA) is 219 Å². The van der Waals surface area contributed by atoms with Crippen LogP contribution >= 0.6 is 0 Å². The Hall–Kier alpha value is -1.57. The molecule has 0 heterocycles. The third kappa shape index (κ3) is 905. The Bertz CT molecular complexity index is 154. The van der Waals surface area contributed by atoms with Crippen LogP contribution in [0.2, 0.25) is 0 Å². The van der Waals surface area contributed by atoms with Gasteiger partial charge in [-0.3, -0.25) is 0 Å². The van der Waals surface area contributed by atoms with E-state index in [4.69, 9.17) is 51.1 Å². The van der Waals surface area contributed by atoms with E-state index in [1.54, 1.807) is 13.8 Å². The summed E-state index contributed by atoms with van der Waals surface area (Å²) in [6.07, 6.45) is -0.167. The van der Waals surface area contributed by atoms with Crippen LogP contribution in [0.15, 0.2) is 0 Å². The van der Waals surface area contributed by atoms with Crippen molar-refractivity contribution in [3.63, 3.8) is 0 Å². The van der Waals surface area contributed by atoms with Gasteiger partial charge in [-0.25, -0.2) is 0 Å². The molecular weight excluding hydrogens is 353 g/mol. The zero-order chi connectivity index (χ0) is 14.3. The SMILES string of the molecule is CC(C)O.O=[N+]([O-])[O-].O=[N+]([O-])[O-].O=[N+]([O-])[O-].[In+3]. The minimum atomic E-state index is -1.75. The number of hydrogen-bond donors (Lipinski definition) is 1. The summed E-state index contributed by atoms with van der Waals surface area (Å²) in [5.41, 5.74) is 0. The van der Waals surface area contributed by atoms with E-state index in [1.807, 2.05) is 0 Å². The monoisotopic (exact) mass is 361 g/mol. The third-order valence-corrected chi connectivity index (χ3v) is 0. The predicted molar refractivity (Wildman–Crippen MR) is 54.2 cm³/mol. The molecule has 98 valence electrons. The first-order valence-corrected chi connectivity index (χ1v) is 3.06. The van der Waals surface area contributed by atoms with Gasteiger partial charge in [-0.1, -0.05) is 0 Å². The zero-order valence-electron chi connectivity index (χ0n) is 8.62. The van der Waals surface area contributed by atoms with Gasteiger partial charge in [-0.15, -0.1) is 0 Å². The van der Waals surface area contributed by atoms with E-state index >= 15 is 0 Å². The minimum Gasteiger partial charge on any atom is -0.394 e. The fourth-order valence-corrected chi connectivity index (χ4v) is 0. The molecule has 13 nitrogen and oxygen atoms in total. The first-order valence-electron chi connectivity index (χ1n) is 3.06. The maximum absolute atomic E-state index is 8.25. The van der Waals surface area contributed by atoms with Crippen molar-refractivity contribution in [3.8, 4) is 0 Å². The smallest absolute Gasteiger partial charge is 0.394 e. The van der Waals surface area contributed by atoms with Gasteiger partial charge in [0.1, 0.15) is 0 Å².